The maximum atomic E-state index is 11.4. The fourth-order valence-corrected chi connectivity index (χ4v) is 1.13. The molecular formula is C3H5F3NO2S2-. The van der Waals surface area contributed by atoms with Crippen LogP contribution in [0.4, 0.5) is 13.2 Å². The number of hydrogen-bond acceptors (Lipinski definition) is 3. The first-order chi connectivity index (χ1) is 4.92. The molecule has 0 amide bonds. The van der Waals surface area contributed by atoms with Gasteiger partial charge in [-0.25, -0.2) is 4.72 Å². The first-order valence-corrected chi connectivity index (χ1v) is 4.51. The lowest BCUT2D eigenvalue weighted by molar-refractivity contribution is -0.0327. The van der Waals surface area contributed by atoms with Gasteiger partial charge in [-0.3, -0.25) is 4.21 Å². The number of thioether (sulfide) groups is 1. The Morgan fingerprint density at radius 2 is 2.09 bits per heavy atom. The molecule has 11 heavy (non-hydrogen) atoms. The van der Waals surface area contributed by atoms with Gasteiger partial charge in [-0.05, 0) is 11.8 Å². The first kappa shape index (κ1) is 11.2. The molecule has 1 N–H and O–H groups in total. The van der Waals surface area contributed by atoms with Crippen LogP contribution >= 0.6 is 11.8 Å². The minimum atomic E-state index is -4.29. The number of halogens is 3. The Morgan fingerprint density at radius 1 is 1.55 bits per heavy atom. The highest BCUT2D eigenvalue weighted by molar-refractivity contribution is 8.00. The predicted molar refractivity (Wildman–Crippen MR) is 35.4 cm³/mol. The third-order valence-electron chi connectivity index (χ3n) is 0.588. The molecule has 0 aliphatic heterocycles. The highest BCUT2D eigenvalue weighted by Crippen LogP contribution is 2.29. The molecule has 0 bridgehead atoms. The minimum absolute atomic E-state index is 0.208. The van der Waals surface area contributed by atoms with Crippen LogP contribution in [0.1, 0.15) is 0 Å². The van der Waals surface area contributed by atoms with Crippen molar-refractivity contribution in [2.24, 2.45) is 0 Å². The summed E-state index contributed by atoms with van der Waals surface area (Å²) >= 11 is -2.73. The SMILES string of the molecule is O=S([O-])NCCSC(F)(F)F. The van der Waals surface area contributed by atoms with Gasteiger partial charge in [-0.2, -0.15) is 13.2 Å². The molecule has 0 fully saturated rings. The smallest absolute Gasteiger partial charge is 0.441 e. The lowest BCUT2D eigenvalue weighted by Gasteiger charge is -2.07. The first-order valence-electron chi connectivity index (χ1n) is 2.45. The third-order valence-corrected chi connectivity index (χ3v) is 1.76. The molecule has 68 valence electrons. The Kier molecular flexibility index (Phi) is 5.06. The average molecular weight is 208 g/mol. The average Bonchev–Trinajstić information content (AvgIpc) is 1.78. The Labute approximate surface area is 68.2 Å². The molecule has 0 rings (SSSR count). The van der Waals surface area contributed by atoms with Crippen LogP contribution in [0.3, 0.4) is 0 Å². The second-order valence-electron chi connectivity index (χ2n) is 1.42. The van der Waals surface area contributed by atoms with E-state index in [2.05, 4.69) is 0 Å². The fourth-order valence-electron chi connectivity index (χ4n) is 0.292. The van der Waals surface area contributed by atoms with Gasteiger partial charge in [0.25, 0.3) is 0 Å². The number of hydrogen-bond donors (Lipinski definition) is 1. The zero-order valence-corrected chi connectivity index (χ0v) is 6.81. The van der Waals surface area contributed by atoms with Crippen LogP contribution in [0.5, 0.6) is 0 Å². The topological polar surface area (TPSA) is 52.2 Å². The second-order valence-corrected chi connectivity index (χ2v) is 3.34. The van der Waals surface area contributed by atoms with Gasteiger partial charge in [0.05, 0.1) is 0 Å². The molecular weight excluding hydrogens is 203 g/mol. The molecule has 8 heteroatoms. The molecule has 0 aliphatic rings. The van der Waals surface area contributed by atoms with Gasteiger partial charge in [0, 0.05) is 23.6 Å². The Hall–Kier alpha value is 0.210. The molecule has 1 atom stereocenters. The summed E-state index contributed by atoms with van der Waals surface area (Å²) in [6, 6.07) is 0. The maximum absolute atomic E-state index is 11.4. The summed E-state index contributed by atoms with van der Waals surface area (Å²) in [6.07, 6.45) is 0. The van der Waals surface area contributed by atoms with Crippen molar-refractivity contribution in [2.45, 2.75) is 5.51 Å². The van der Waals surface area contributed by atoms with Crippen molar-refractivity contribution in [2.75, 3.05) is 12.3 Å². The van der Waals surface area contributed by atoms with E-state index in [9.17, 15) is 21.9 Å². The highest BCUT2D eigenvalue weighted by atomic mass is 32.2. The predicted octanol–water partition coefficient (Wildman–Crippen LogP) is 0.623. The zero-order chi connectivity index (χ0) is 8.91. The van der Waals surface area contributed by atoms with Gasteiger partial charge in [0.1, 0.15) is 0 Å². The molecule has 3 nitrogen and oxygen atoms in total. The maximum Gasteiger partial charge on any atom is 0.441 e. The van der Waals surface area contributed by atoms with Gasteiger partial charge >= 0.3 is 5.51 Å². The van der Waals surface area contributed by atoms with Crippen molar-refractivity contribution >= 4 is 23.0 Å². The van der Waals surface area contributed by atoms with Gasteiger partial charge in [0.15, 0.2) is 0 Å². The van der Waals surface area contributed by atoms with E-state index in [1.807, 2.05) is 4.72 Å². The van der Waals surface area contributed by atoms with Crippen LogP contribution in [0.15, 0.2) is 0 Å². The molecule has 0 aliphatic carbocycles. The monoisotopic (exact) mass is 208 g/mol. The van der Waals surface area contributed by atoms with Crippen molar-refractivity contribution in [3.63, 3.8) is 0 Å². The lowest BCUT2D eigenvalue weighted by atomic mass is 10.8. The van der Waals surface area contributed by atoms with Crippen LogP contribution in [-0.2, 0) is 11.3 Å². The second kappa shape index (κ2) is 4.96. The summed E-state index contributed by atoms with van der Waals surface area (Å²) in [5.74, 6) is -0.308. The summed E-state index contributed by atoms with van der Waals surface area (Å²) in [6.45, 7) is -0.208. The molecule has 1 unspecified atom stereocenters. The summed E-state index contributed by atoms with van der Waals surface area (Å²) in [5, 5.41) is 0. The van der Waals surface area contributed by atoms with Crippen LogP contribution in [-0.4, -0.2) is 26.6 Å². The van der Waals surface area contributed by atoms with E-state index in [4.69, 9.17) is 0 Å². The van der Waals surface area contributed by atoms with Crippen molar-refractivity contribution in [3.8, 4) is 0 Å². The van der Waals surface area contributed by atoms with Crippen LogP contribution < -0.4 is 4.72 Å². The zero-order valence-electron chi connectivity index (χ0n) is 5.18. The van der Waals surface area contributed by atoms with Gasteiger partial charge in [-0.1, -0.05) is 0 Å². The van der Waals surface area contributed by atoms with E-state index in [1.165, 1.54) is 0 Å². The van der Waals surface area contributed by atoms with E-state index in [0.29, 0.717) is 0 Å². The molecule has 0 radical (unpaired) electrons. The molecule has 0 saturated heterocycles. The normalized spacial score (nSPS) is 14.9. The van der Waals surface area contributed by atoms with Crippen molar-refractivity contribution in [1.82, 2.24) is 4.72 Å². The largest absolute Gasteiger partial charge is 0.760 e. The Balaban J connectivity index is 3.22. The van der Waals surface area contributed by atoms with E-state index >= 15 is 0 Å². The molecule has 0 aromatic heterocycles. The molecule has 0 saturated carbocycles. The Morgan fingerprint density at radius 3 is 2.45 bits per heavy atom. The van der Waals surface area contributed by atoms with Crippen molar-refractivity contribution < 1.29 is 21.9 Å². The van der Waals surface area contributed by atoms with Gasteiger partial charge in [-0.15, -0.1) is 0 Å². The summed E-state index contributed by atoms with van der Waals surface area (Å²) < 4.78 is 55.3. The van der Waals surface area contributed by atoms with Gasteiger partial charge < -0.3 is 4.55 Å². The van der Waals surface area contributed by atoms with Crippen LogP contribution in [0.2, 0.25) is 0 Å². The van der Waals surface area contributed by atoms with Crippen molar-refractivity contribution in [3.05, 3.63) is 0 Å². The molecule has 0 aromatic rings. The van der Waals surface area contributed by atoms with Crippen molar-refractivity contribution in [1.29, 1.82) is 0 Å². The molecule has 0 spiro atoms. The standard InChI is InChI=1S/C3H6F3NO2S2/c4-3(5,6)10-2-1-7-11(8)9/h7H,1-2H2,(H,8,9)/p-1. The van der Waals surface area contributed by atoms with Crippen LogP contribution in [0, 0.1) is 0 Å². The minimum Gasteiger partial charge on any atom is -0.760 e. The number of rotatable bonds is 4. The van der Waals surface area contributed by atoms with E-state index in [0.717, 1.165) is 0 Å². The summed E-state index contributed by atoms with van der Waals surface area (Å²) in [7, 11) is 0. The quantitative estimate of drug-likeness (QED) is 0.544. The molecule has 0 heterocycles. The number of alkyl halides is 3. The fraction of sp³-hybridized carbons (Fsp3) is 1.00. The summed E-state index contributed by atoms with van der Waals surface area (Å²) in [5.41, 5.74) is -4.29. The van der Waals surface area contributed by atoms with E-state index < -0.39 is 16.8 Å². The number of nitrogens with one attached hydrogen (secondary N) is 1. The van der Waals surface area contributed by atoms with Crippen LogP contribution in [0.25, 0.3) is 0 Å². The van der Waals surface area contributed by atoms with E-state index in [1.54, 1.807) is 0 Å². The molecule has 0 aromatic carbocycles. The van der Waals surface area contributed by atoms with E-state index in [-0.39, 0.29) is 24.1 Å². The Bertz CT molecular complexity index is 139. The third kappa shape index (κ3) is 10.2. The summed E-state index contributed by atoms with van der Waals surface area (Å²) in [4.78, 5) is 0. The van der Waals surface area contributed by atoms with Gasteiger partial charge in [0.2, 0.25) is 0 Å². The highest BCUT2D eigenvalue weighted by Gasteiger charge is 2.27. The lowest BCUT2D eigenvalue weighted by Crippen LogP contribution is -2.20.